The van der Waals surface area contributed by atoms with Crippen LogP contribution in [-0.2, 0) is 9.59 Å². The van der Waals surface area contributed by atoms with E-state index in [9.17, 15) is 29.6 Å². The Morgan fingerprint density at radius 1 is 1.11 bits per heavy atom. The number of hydrogen-bond donors (Lipinski definition) is 1. The summed E-state index contributed by atoms with van der Waals surface area (Å²) in [4.78, 5) is 49.6. The summed E-state index contributed by atoms with van der Waals surface area (Å²) in [5.41, 5.74) is 1.52. The van der Waals surface area contributed by atoms with Crippen molar-refractivity contribution in [3.8, 4) is 0 Å². The number of nitro groups is 1. The molecule has 1 N–H and O–H groups in total. The molecule has 1 saturated heterocycles. The quantitative estimate of drug-likeness (QED) is 0.268. The highest BCUT2D eigenvalue weighted by molar-refractivity contribution is 6.44. The number of aliphatic hydroxyl groups excluding tert-OH is 1. The summed E-state index contributed by atoms with van der Waals surface area (Å²) >= 11 is 0. The first-order chi connectivity index (χ1) is 13.3. The van der Waals surface area contributed by atoms with Crippen LogP contribution in [0, 0.1) is 23.0 Å². The molecule has 0 radical (unpaired) electrons. The lowest BCUT2D eigenvalue weighted by molar-refractivity contribution is -0.384. The van der Waals surface area contributed by atoms with Crippen LogP contribution in [0.25, 0.3) is 0 Å². The van der Waals surface area contributed by atoms with Crippen LogP contribution < -0.4 is 0 Å². The highest BCUT2D eigenvalue weighted by Gasteiger charge is 2.51. The molecule has 8 heteroatoms. The van der Waals surface area contributed by atoms with Gasteiger partial charge in [-0.3, -0.25) is 24.5 Å². The molecular formula is C20H18N2O6. The Bertz CT molecular complexity index is 936. The van der Waals surface area contributed by atoms with Crippen LogP contribution in [0.1, 0.15) is 27.5 Å². The minimum Gasteiger partial charge on any atom is -0.395 e. The van der Waals surface area contributed by atoms with E-state index >= 15 is 0 Å². The van der Waals surface area contributed by atoms with Crippen molar-refractivity contribution >= 4 is 23.2 Å². The van der Waals surface area contributed by atoms with Crippen LogP contribution in [0.2, 0.25) is 0 Å². The van der Waals surface area contributed by atoms with Crippen molar-refractivity contribution in [1.82, 2.24) is 4.90 Å². The first kappa shape index (κ1) is 19.4. The fraction of sp³-hybridized carbons (Fsp3) is 0.250. The number of ketones is 2. The first-order valence-electron chi connectivity index (χ1n) is 8.66. The van der Waals surface area contributed by atoms with Crippen LogP contribution in [0.15, 0.2) is 48.5 Å². The Morgan fingerprint density at radius 2 is 1.71 bits per heavy atom. The lowest BCUT2D eigenvalue weighted by atomic mass is 9.86. The standard InChI is InChI=1S/C20H18N2O6/c1-12-2-4-14(5-3-12)18(24)16-17(21(10-11-23)20(26)19(16)25)13-6-8-15(9-7-13)22(27)28/h2-9,16-17,23H,10-11H2,1H3. The van der Waals surface area contributed by atoms with Crippen LogP contribution in [-0.4, -0.2) is 45.6 Å². The molecule has 0 bridgehead atoms. The molecule has 1 aliphatic rings. The first-order valence-corrected chi connectivity index (χ1v) is 8.66. The molecule has 2 aromatic rings. The van der Waals surface area contributed by atoms with E-state index in [2.05, 4.69) is 0 Å². The zero-order valence-corrected chi connectivity index (χ0v) is 15.1. The van der Waals surface area contributed by atoms with Gasteiger partial charge in [0.25, 0.3) is 11.6 Å². The second kappa shape index (κ2) is 7.69. The third-order valence-electron chi connectivity index (χ3n) is 4.81. The fourth-order valence-corrected chi connectivity index (χ4v) is 3.40. The number of carbonyl (C=O) groups is 3. The third-order valence-corrected chi connectivity index (χ3v) is 4.81. The molecule has 0 spiro atoms. The number of β-amino-alcohol motifs (C(OH)–C–C–N with tert-alkyl or cyclic N) is 1. The van der Waals surface area contributed by atoms with Crippen molar-refractivity contribution in [1.29, 1.82) is 0 Å². The van der Waals surface area contributed by atoms with Crippen molar-refractivity contribution in [2.45, 2.75) is 13.0 Å². The van der Waals surface area contributed by atoms with Gasteiger partial charge in [-0.1, -0.05) is 42.0 Å². The average molecular weight is 382 g/mol. The van der Waals surface area contributed by atoms with Gasteiger partial charge in [-0.05, 0) is 12.5 Å². The van der Waals surface area contributed by atoms with E-state index in [1.54, 1.807) is 24.3 Å². The Balaban J connectivity index is 2.05. The molecular weight excluding hydrogens is 364 g/mol. The van der Waals surface area contributed by atoms with Crippen molar-refractivity contribution in [2.75, 3.05) is 13.2 Å². The van der Waals surface area contributed by atoms with Crippen LogP contribution >= 0.6 is 0 Å². The van der Waals surface area contributed by atoms with Gasteiger partial charge in [0.1, 0.15) is 5.92 Å². The van der Waals surface area contributed by atoms with Crippen molar-refractivity contribution in [3.05, 3.63) is 75.3 Å². The zero-order valence-electron chi connectivity index (χ0n) is 15.1. The van der Waals surface area contributed by atoms with Crippen LogP contribution in [0.3, 0.4) is 0 Å². The lowest BCUT2D eigenvalue weighted by Crippen LogP contribution is -2.33. The van der Waals surface area contributed by atoms with Crippen LogP contribution in [0.5, 0.6) is 0 Å². The van der Waals surface area contributed by atoms with Gasteiger partial charge in [-0.15, -0.1) is 0 Å². The van der Waals surface area contributed by atoms with E-state index in [-0.39, 0.29) is 18.8 Å². The Hall–Kier alpha value is -3.39. The minimum absolute atomic E-state index is 0.121. The number of non-ortho nitro benzene ring substituents is 1. The summed E-state index contributed by atoms with van der Waals surface area (Å²) in [5.74, 6) is -3.46. The van der Waals surface area contributed by atoms with Gasteiger partial charge in [-0.2, -0.15) is 0 Å². The predicted octanol–water partition coefficient (Wildman–Crippen LogP) is 1.85. The number of nitrogens with zero attached hydrogens (tertiary/aromatic N) is 2. The van der Waals surface area contributed by atoms with Crippen molar-refractivity contribution in [3.63, 3.8) is 0 Å². The Labute approximate surface area is 160 Å². The molecule has 144 valence electrons. The van der Waals surface area contributed by atoms with Crippen LogP contribution in [0.4, 0.5) is 5.69 Å². The normalized spacial score (nSPS) is 19.1. The number of Topliss-reactive ketones (excluding diaryl/α,β-unsaturated/α-hetero) is 2. The van der Waals surface area contributed by atoms with E-state index in [1.165, 1.54) is 24.3 Å². The van der Waals surface area contributed by atoms with E-state index < -0.39 is 34.4 Å². The number of carbonyl (C=O) groups excluding carboxylic acids is 3. The molecule has 3 rings (SSSR count). The van der Waals surface area contributed by atoms with E-state index in [1.807, 2.05) is 6.92 Å². The lowest BCUT2D eigenvalue weighted by Gasteiger charge is -2.26. The molecule has 1 fully saturated rings. The molecule has 2 atom stereocenters. The maximum absolute atomic E-state index is 13.1. The molecule has 0 aliphatic carbocycles. The number of rotatable bonds is 6. The van der Waals surface area contributed by atoms with E-state index in [0.29, 0.717) is 11.1 Å². The van der Waals surface area contributed by atoms with Gasteiger partial charge in [0, 0.05) is 24.2 Å². The number of aryl methyl sites for hydroxylation is 1. The van der Waals surface area contributed by atoms with Crippen molar-refractivity contribution in [2.24, 2.45) is 5.92 Å². The zero-order chi connectivity index (χ0) is 20.4. The highest BCUT2D eigenvalue weighted by atomic mass is 16.6. The third kappa shape index (κ3) is 3.41. The second-order valence-corrected chi connectivity index (χ2v) is 6.59. The van der Waals surface area contributed by atoms with Gasteiger partial charge < -0.3 is 10.0 Å². The summed E-state index contributed by atoms with van der Waals surface area (Å²) in [6.45, 7) is 1.36. The Morgan fingerprint density at radius 3 is 2.25 bits per heavy atom. The molecule has 1 amide bonds. The van der Waals surface area contributed by atoms with Gasteiger partial charge in [0.15, 0.2) is 5.78 Å². The van der Waals surface area contributed by atoms with Gasteiger partial charge in [0.05, 0.1) is 17.6 Å². The van der Waals surface area contributed by atoms with Gasteiger partial charge in [0.2, 0.25) is 5.78 Å². The van der Waals surface area contributed by atoms with Gasteiger partial charge in [-0.25, -0.2) is 0 Å². The maximum Gasteiger partial charge on any atom is 0.291 e. The Kier molecular flexibility index (Phi) is 5.32. The summed E-state index contributed by atoms with van der Waals surface area (Å²) in [5, 5.41) is 20.2. The number of amides is 1. The number of nitro benzene ring substituents is 1. The smallest absolute Gasteiger partial charge is 0.291 e. The molecule has 0 saturated carbocycles. The van der Waals surface area contributed by atoms with Gasteiger partial charge >= 0.3 is 0 Å². The maximum atomic E-state index is 13.1. The monoisotopic (exact) mass is 382 g/mol. The van der Waals surface area contributed by atoms with E-state index in [0.717, 1.165) is 10.5 Å². The topological polar surface area (TPSA) is 118 Å². The summed E-state index contributed by atoms with van der Waals surface area (Å²) < 4.78 is 0. The van der Waals surface area contributed by atoms with Crippen molar-refractivity contribution < 1.29 is 24.4 Å². The minimum atomic E-state index is -1.27. The predicted molar refractivity (Wildman–Crippen MR) is 98.6 cm³/mol. The molecule has 28 heavy (non-hydrogen) atoms. The fourth-order valence-electron chi connectivity index (χ4n) is 3.40. The number of hydrogen-bond acceptors (Lipinski definition) is 6. The number of likely N-dealkylation sites (tertiary alicyclic amines) is 1. The largest absolute Gasteiger partial charge is 0.395 e. The molecule has 1 heterocycles. The highest BCUT2D eigenvalue weighted by Crippen LogP contribution is 2.38. The number of aliphatic hydroxyl groups is 1. The molecule has 2 unspecified atom stereocenters. The second-order valence-electron chi connectivity index (χ2n) is 6.59. The SMILES string of the molecule is Cc1ccc(C(=O)C2C(=O)C(=O)N(CCO)C2c2ccc([N+](=O)[O-])cc2)cc1. The number of benzene rings is 2. The average Bonchev–Trinajstić information content (AvgIpc) is 2.93. The molecule has 8 nitrogen and oxygen atoms in total. The summed E-state index contributed by atoms with van der Waals surface area (Å²) in [6.07, 6.45) is 0. The molecule has 2 aromatic carbocycles. The molecule has 1 aliphatic heterocycles. The summed E-state index contributed by atoms with van der Waals surface area (Å²) in [7, 11) is 0. The molecule has 0 aromatic heterocycles. The van der Waals surface area contributed by atoms with E-state index in [4.69, 9.17) is 0 Å². The summed E-state index contributed by atoms with van der Waals surface area (Å²) in [6, 6.07) is 11.1.